The van der Waals surface area contributed by atoms with Gasteiger partial charge in [0.2, 0.25) is 5.88 Å². The second-order valence-corrected chi connectivity index (χ2v) is 6.27. The van der Waals surface area contributed by atoms with E-state index >= 15 is 0 Å². The SMILES string of the molecule is COc1ccnc(-c2cc(CN(C)CCc3ccccn3)ccc2OC)n1. The molecule has 0 saturated heterocycles. The minimum atomic E-state index is 0.528. The van der Waals surface area contributed by atoms with Crippen molar-refractivity contribution in [2.45, 2.75) is 13.0 Å². The van der Waals surface area contributed by atoms with Crippen LogP contribution < -0.4 is 9.47 Å². The summed E-state index contributed by atoms with van der Waals surface area (Å²) in [4.78, 5) is 15.5. The van der Waals surface area contributed by atoms with Gasteiger partial charge in [-0.3, -0.25) is 4.98 Å². The van der Waals surface area contributed by atoms with Crippen molar-refractivity contribution >= 4 is 0 Å². The molecule has 0 unspecified atom stereocenters. The highest BCUT2D eigenvalue weighted by molar-refractivity contribution is 5.65. The standard InChI is InChI=1S/C21H24N4O2/c1-25(13-10-17-6-4-5-11-22-17)15-16-7-8-19(26-2)18(14-16)21-23-12-9-20(24-21)27-3/h4-9,11-12,14H,10,13,15H2,1-3H3. The molecule has 27 heavy (non-hydrogen) atoms. The van der Waals surface area contributed by atoms with Gasteiger partial charge in [0.25, 0.3) is 0 Å². The van der Waals surface area contributed by atoms with Crippen LogP contribution >= 0.6 is 0 Å². The van der Waals surface area contributed by atoms with Crippen LogP contribution in [0.25, 0.3) is 11.4 Å². The Balaban J connectivity index is 1.74. The van der Waals surface area contributed by atoms with Crippen molar-refractivity contribution in [3.63, 3.8) is 0 Å². The van der Waals surface area contributed by atoms with Gasteiger partial charge >= 0.3 is 0 Å². The highest BCUT2D eigenvalue weighted by Gasteiger charge is 2.12. The lowest BCUT2D eigenvalue weighted by Crippen LogP contribution is -2.21. The van der Waals surface area contributed by atoms with Gasteiger partial charge in [-0.25, -0.2) is 4.98 Å². The number of ether oxygens (including phenoxy) is 2. The second kappa shape index (κ2) is 9.09. The number of hydrogen-bond acceptors (Lipinski definition) is 6. The molecule has 0 N–H and O–H groups in total. The predicted molar refractivity (Wildman–Crippen MR) is 105 cm³/mol. The smallest absolute Gasteiger partial charge is 0.216 e. The summed E-state index contributed by atoms with van der Waals surface area (Å²) in [5.74, 6) is 1.85. The monoisotopic (exact) mass is 364 g/mol. The van der Waals surface area contributed by atoms with E-state index in [0.29, 0.717) is 11.7 Å². The van der Waals surface area contributed by atoms with E-state index in [1.165, 1.54) is 5.56 Å². The zero-order chi connectivity index (χ0) is 19.1. The average molecular weight is 364 g/mol. The molecule has 0 aliphatic heterocycles. The van der Waals surface area contributed by atoms with E-state index in [0.717, 1.165) is 36.5 Å². The van der Waals surface area contributed by atoms with E-state index in [1.807, 2.05) is 24.4 Å². The van der Waals surface area contributed by atoms with Gasteiger partial charge in [0.1, 0.15) is 5.75 Å². The van der Waals surface area contributed by atoms with Crippen LogP contribution in [-0.4, -0.2) is 47.7 Å². The third-order valence-electron chi connectivity index (χ3n) is 4.27. The van der Waals surface area contributed by atoms with E-state index < -0.39 is 0 Å². The zero-order valence-corrected chi connectivity index (χ0v) is 15.9. The van der Waals surface area contributed by atoms with Crippen molar-refractivity contribution in [3.05, 3.63) is 66.1 Å². The Labute approximate surface area is 159 Å². The fourth-order valence-electron chi connectivity index (χ4n) is 2.86. The molecule has 140 valence electrons. The molecule has 1 aromatic carbocycles. The lowest BCUT2D eigenvalue weighted by atomic mass is 10.1. The van der Waals surface area contributed by atoms with E-state index in [4.69, 9.17) is 9.47 Å². The van der Waals surface area contributed by atoms with Crippen molar-refractivity contribution in [2.24, 2.45) is 0 Å². The van der Waals surface area contributed by atoms with Gasteiger partial charge in [-0.15, -0.1) is 0 Å². The fourth-order valence-corrected chi connectivity index (χ4v) is 2.86. The van der Waals surface area contributed by atoms with Gasteiger partial charge in [-0.1, -0.05) is 12.1 Å². The predicted octanol–water partition coefficient (Wildman–Crippen LogP) is 3.23. The molecular formula is C21H24N4O2. The number of aromatic nitrogens is 3. The topological polar surface area (TPSA) is 60.4 Å². The molecule has 3 aromatic rings. The summed E-state index contributed by atoms with van der Waals surface area (Å²) < 4.78 is 10.7. The summed E-state index contributed by atoms with van der Waals surface area (Å²) in [5.41, 5.74) is 3.12. The van der Waals surface area contributed by atoms with Crippen LogP contribution in [0.4, 0.5) is 0 Å². The molecule has 2 aromatic heterocycles. The Morgan fingerprint density at radius 3 is 2.59 bits per heavy atom. The molecule has 0 radical (unpaired) electrons. The summed E-state index contributed by atoms with van der Waals surface area (Å²) in [6, 6.07) is 13.8. The summed E-state index contributed by atoms with van der Waals surface area (Å²) in [6.45, 7) is 1.74. The highest BCUT2D eigenvalue weighted by Crippen LogP contribution is 2.29. The number of benzene rings is 1. The molecule has 3 rings (SSSR count). The van der Waals surface area contributed by atoms with Crippen molar-refractivity contribution in [1.29, 1.82) is 0 Å². The van der Waals surface area contributed by atoms with Crippen molar-refractivity contribution in [2.75, 3.05) is 27.8 Å². The quantitative estimate of drug-likeness (QED) is 0.612. The molecule has 6 nitrogen and oxygen atoms in total. The second-order valence-electron chi connectivity index (χ2n) is 6.27. The van der Waals surface area contributed by atoms with E-state index in [-0.39, 0.29) is 0 Å². The number of methoxy groups -OCH3 is 2. The van der Waals surface area contributed by atoms with Gasteiger partial charge in [-0.05, 0) is 36.9 Å². The van der Waals surface area contributed by atoms with Gasteiger partial charge in [-0.2, -0.15) is 4.98 Å². The first-order valence-corrected chi connectivity index (χ1v) is 8.82. The average Bonchev–Trinajstić information content (AvgIpc) is 2.73. The molecule has 0 amide bonds. The Morgan fingerprint density at radius 2 is 1.85 bits per heavy atom. The number of nitrogens with zero attached hydrogens (tertiary/aromatic N) is 4. The van der Waals surface area contributed by atoms with Crippen molar-refractivity contribution in [3.8, 4) is 23.0 Å². The Kier molecular flexibility index (Phi) is 6.33. The minimum Gasteiger partial charge on any atom is -0.496 e. The minimum absolute atomic E-state index is 0.528. The number of pyridine rings is 1. The van der Waals surface area contributed by atoms with Crippen molar-refractivity contribution in [1.82, 2.24) is 19.9 Å². The first-order chi connectivity index (χ1) is 13.2. The number of likely N-dealkylation sites (N-methyl/N-ethyl adjacent to an activating group) is 1. The fraction of sp³-hybridized carbons (Fsp3) is 0.286. The maximum absolute atomic E-state index is 5.50. The summed E-state index contributed by atoms with van der Waals surface area (Å²) in [5, 5.41) is 0. The number of hydrogen-bond donors (Lipinski definition) is 0. The maximum Gasteiger partial charge on any atom is 0.216 e. The van der Waals surface area contributed by atoms with Gasteiger partial charge in [0, 0.05) is 43.7 Å². The first kappa shape index (κ1) is 18.8. The molecule has 0 aliphatic carbocycles. The van der Waals surface area contributed by atoms with Crippen molar-refractivity contribution < 1.29 is 9.47 Å². The van der Waals surface area contributed by atoms with Gasteiger partial charge in [0.05, 0.1) is 19.8 Å². The zero-order valence-electron chi connectivity index (χ0n) is 15.9. The molecule has 0 spiro atoms. The van der Waals surface area contributed by atoms with Crippen LogP contribution in [0.15, 0.2) is 54.9 Å². The largest absolute Gasteiger partial charge is 0.496 e. The third kappa shape index (κ3) is 5.01. The molecule has 0 saturated carbocycles. The molecule has 6 heteroatoms. The normalized spacial score (nSPS) is 10.8. The van der Waals surface area contributed by atoms with Gasteiger partial charge in [0.15, 0.2) is 5.82 Å². The first-order valence-electron chi connectivity index (χ1n) is 8.82. The van der Waals surface area contributed by atoms with Crippen LogP contribution in [0, 0.1) is 0 Å². The Morgan fingerprint density at radius 1 is 0.963 bits per heavy atom. The summed E-state index contributed by atoms with van der Waals surface area (Å²) >= 11 is 0. The van der Waals surface area contributed by atoms with Crippen LogP contribution in [0.2, 0.25) is 0 Å². The van der Waals surface area contributed by atoms with Crippen LogP contribution in [0.1, 0.15) is 11.3 Å². The lowest BCUT2D eigenvalue weighted by Gasteiger charge is -2.18. The van der Waals surface area contributed by atoms with Crippen LogP contribution in [-0.2, 0) is 13.0 Å². The van der Waals surface area contributed by atoms with E-state index in [9.17, 15) is 0 Å². The lowest BCUT2D eigenvalue weighted by molar-refractivity contribution is 0.330. The molecule has 0 fully saturated rings. The van der Waals surface area contributed by atoms with E-state index in [1.54, 1.807) is 26.5 Å². The molecule has 0 bridgehead atoms. The highest BCUT2D eigenvalue weighted by atomic mass is 16.5. The Bertz CT molecular complexity index is 871. The molecule has 2 heterocycles. The number of rotatable bonds is 8. The Hall–Kier alpha value is -2.99. The molecule has 0 aliphatic rings. The molecular weight excluding hydrogens is 340 g/mol. The van der Waals surface area contributed by atoms with Crippen LogP contribution in [0.5, 0.6) is 11.6 Å². The third-order valence-corrected chi connectivity index (χ3v) is 4.27. The van der Waals surface area contributed by atoms with Crippen LogP contribution in [0.3, 0.4) is 0 Å². The summed E-state index contributed by atoms with van der Waals surface area (Å²) in [7, 11) is 5.35. The molecule has 0 atom stereocenters. The maximum atomic E-state index is 5.50. The van der Waals surface area contributed by atoms with E-state index in [2.05, 4.69) is 45.1 Å². The summed E-state index contributed by atoms with van der Waals surface area (Å²) in [6.07, 6.45) is 4.44. The van der Waals surface area contributed by atoms with Gasteiger partial charge < -0.3 is 14.4 Å².